The van der Waals surface area contributed by atoms with E-state index < -0.39 is 10.0 Å². The Hall–Kier alpha value is -2.56. The fraction of sp³-hybridized carbons (Fsp3) is 0.421. The van der Waals surface area contributed by atoms with E-state index in [0.717, 1.165) is 0 Å². The van der Waals surface area contributed by atoms with Crippen LogP contribution in [0.15, 0.2) is 38.5 Å². The zero-order valence-corrected chi connectivity index (χ0v) is 17.2. The maximum Gasteiger partial charge on any atom is 0.258 e. The molecule has 10 heteroatoms. The summed E-state index contributed by atoms with van der Waals surface area (Å²) in [5.74, 6) is 0.886. The van der Waals surface area contributed by atoms with Crippen LogP contribution < -0.4 is 5.56 Å². The Kier molecular flexibility index (Phi) is 5.24. The molecule has 1 aliphatic heterocycles. The molecule has 0 radical (unpaired) electrons. The van der Waals surface area contributed by atoms with Crippen molar-refractivity contribution in [3.8, 4) is 0 Å². The van der Waals surface area contributed by atoms with Crippen molar-refractivity contribution in [1.29, 1.82) is 0 Å². The zero-order chi connectivity index (χ0) is 20.6. The maximum atomic E-state index is 13.0. The number of rotatable bonds is 4. The number of benzene rings is 1. The van der Waals surface area contributed by atoms with Gasteiger partial charge in [0.05, 0.1) is 17.4 Å². The van der Waals surface area contributed by atoms with E-state index in [9.17, 15) is 13.2 Å². The number of nitrogens with one attached hydrogen (secondary N) is 1. The Morgan fingerprint density at radius 2 is 1.93 bits per heavy atom. The van der Waals surface area contributed by atoms with Gasteiger partial charge in [-0.3, -0.25) is 9.69 Å². The quantitative estimate of drug-likeness (QED) is 0.683. The van der Waals surface area contributed by atoms with Gasteiger partial charge in [0.25, 0.3) is 5.56 Å². The van der Waals surface area contributed by atoms with E-state index in [4.69, 9.17) is 4.52 Å². The largest absolute Gasteiger partial charge is 0.360 e. The summed E-state index contributed by atoms with van der Waals surface area (Å²) in [6, 6.07) is 7.21. The normalized spacial score (nSPS) is 16.9. The molecule has 0 aliphatic carbocycles. The van der Waals surface area contributed by atoms with E-state index in [-0.39, 0.29) is 10.5 Å². The van der Waals surface area contributed by atoms with Crippen LogP contribution in [0.4, 0.5) is 0 Å². The molecule has 9 nitrogen and oxygen atoms in total. The van der Waals surface area contributed by atoms with Crippen molar-refractivity contribution in [2.75, 3.05) is 26.2 Å². The molecule has 1 saturated heterocycles. The highest BCUT2D eigenvalue weighted by atomic mass is 32.2. The van der Waals surface area contributed by atoms with Crippen LogP contribution in [0.5, 0.6) is 0 Å². The van der Waals surface area contributed by atoms with Crippen LogP contribution in [0.2, 0.25) is 0 Å². The smallest absolute Gasteiger partial charge is 0.258 e. The number of aryl methyl sites for hydroxylation is 2. The van der Waals surface area contributed by atoms with Gasteiger partial charge < -0.3 is 9.51 Å². The third-order valence-electron chi connectivity index (χ3n) is 5.15. The molecule has 1 aliphatic rings. The summed E-state index contributed by atoms with van der Waals surface area (Å²) in [6.45, 7) is 5.73. The molecule has 4 rings (SSSR count). The Bertz CT molecular complexity index is 1180. The topological polar surface area (TPSA) is 112 Å². The molecule has 0 atom stereocenters. The SMILES string of the molecule is Cc1noc(C)c1S(=O)(=O)N1CCCN(Cc2nc3ccccc3c(=O)[nH]2)CC1. The number of sulfonamides is 1. The summed E-state index contributed by atoms with van der Waals surface area (Å²) in [6.07, 6.45) is 0.681. The highest BCUT2D eigenvalue weighted by Crippen LogP contribution is 2.24. The van der Waals surface area contributed by atoms with E-state index in [0.29, 0.717) is 67.3 Å². The molecule has 1 aromatic carbocycles. The van der Waals surface area contributed by atoms with Crippen molar-refractivity contribution >= 4 is 20.9 Å². The lowest BCUT2D eigenvalue weighted by Gasteiger charge is -2.21. The number of H-pyrrole nitrogens is 1. The summed E-state index contributed by atoms with van der Waals surface area (Å²) in [5, 5.41) is 4.33. The average molecular weight is 417 g/mol. The molecule has 29 heavy (non-hydrogen) atoms. The molecule has 0 amide bonds. The first-order chi connectivity index (χ1) is 13.9. The lowest BCUT2D eigenvalue weighted by Crippen LogP contribution is -2.35. The molecule has 0 saturated carbocycles. The summed E-state index contributed by atoms with van der Waals surface area (Å²) >= 11 is 0. The average Bonchev–Trinajstić information content (AvgIpc) is 2.88. The Morgan fingerprint density at radius 1 is 1.14 bits per heavy atom. The van der Waals surface area contributed by atoms with Crippen LogP contribution in [-0.4, -0.2) is 58.9 Å². The molecule has 1 fully saturated rings. The van der Waals surface area contributed by atoms with Crippen molar-refractivity contribution in [3.05, 3.63) is 51.9 Å². The number of fused-ring (bicyclic) bond motifs is 1. The molecule has 0 bridgehead atoms. The molecule has 3 heterocycles. The molecule has 2 aromatic heterocycles. The minimum Gasteiger partial charge on any atom is -0.360 e. The Balaban J connectivity index is 1.50. The van der Waals surface area contributed by atoms with Crippen LogP contribution in [0.1, 0.15) is 23.7 Å². The first-order valence-electron chi connectivity index (χ1n) is 9.49. The minimum absolute atomic E-state index is 0.159. The second-order valence-electron chi connectivity index (χ2n) is 7.22. The van der Waals surface area contributed by atoms with Gasteiger partial charge in [0.1, 0.15) is 16.4 Å². The molecular weight excluding hydrogens is 394 g/mol. The van der Waals surface area contributed by atoms with Gasteiger partial charge in [0.2, 0.25) is 10.0 Å². The molecule has 0 unspecified atom stereocenters. The van der Waals surface area contributed by atoms with Gasteiger partial charge in [-0.25, -0.2) is 13.4 Å². The minimum atomic E-state index is -3.66. The van der Waals surface area contributed by atoms with E-state index >= 15 is 0 Å². The second-order valence-corrected chi connectivity index (χ2v) is 9.09. The predicted molar refractivity (Wildman–Crippen MR) is 107 cm³/mol. The van der Waals surface area contributed by atoms with Crippen LogP contribution in [0.25, 0.3) is 10.9 Å². The van der Waals surface area contributed by atoms with Gasteiger partial charge in [-0.15, -0.1) is 0 Å². The zero-order valence-electron chi connectivity index (χ0n) is 16.4. The molecule has 154 valence electrons. The first-order valence-corrected chi connectivity index (χ1v) is 10.9. The highest BCUT2D eigenvalue weighted by Gasteiger charge is 2.32. The molecule has 3 aromatic rings. The summed E-state index contributed by atoms with van der Waals surface area (Å²) in [4.78, 5) is 21.9. The summed E-state index contributed by atoms with van der Waals surface area (Å²) in [5.41, 5.74) is 0.869. The van der Waals surface area contributed by atoms with Crippen LogP contribution in [0.3, 0.4) is 0 Å². The standard InChI is InChI=1S/C19H23N5O4S/c1-13-18(14(2)28-22-13)29(26,27)24-9-5-8-23(10-11-24)12-17-20-16-7-4-3-6-15(16)19(25)21-17/h3-4,6-7H,5,8-12H2,1-2H3,(H,20,21,25). The highest BCUT2D eigenvalue weighted by molar-refractivity contribution is 7.89. The number of hydrogen-bond donors (Lipinski definition) is 1. The van der Waals surface area contributed by atoms with Gasteiger partial charge in [0.15, 0.2) is 5.76 Å². The van der Waals surface area contributed by atoms with E-state index in [1.54, 1.807) is 19.9 Å². The van der Waals surface area contributed by atoms with Crippen LogP contribution in [-0.2, 0) is 16.6 Å². The van der Waals surface area contributed by atoms with E-state index in [2.05, 4.69) is 20.0 Å². The predicted octanol–water partition coefficient (Wildman–Crippen LogP) is 1.42. The fourth-order valence-corrected chi connectivity index (χ4v) is 5.50. The monoisotopic (exact) mass is 417 g/mol. The number of aromatic nitrogens is 3. The van der Waals surface area contributed by atoms with Gasteiger partial charge >= 0.3 is 0 Å². The van der Waals surface area contributed by atoms with Crippen molar-refractivity contribution in [1.82, 2.24) is 24.3 Å². The third-order valence-corrected chi connectivity index (χ3v) is 7.29. The molecule has 0 spiro atoms. The first kappa shape index (κ1) is 19.7. The maximum absolute atomic E-state index is 13.0. The van der Waals surface area contributed by atoms with Crippen LogP contribution in [0, 0.1) is 13.8 Å². The van der Waals surface area contributed by atoms with Gasteiger partial charge in [-0.05, 0) is 38.9 Å². The van der Waals surface area contributed by atoms with Crippen molar-refractivity contribution in [3.63, 3.8) is 0 Å². The molecule has 1 N–H and O–H groups in total. The van der Waals surface area contributed by atoms with Gasteiger partial charge in [0, 0.05) is 19.6 Å². The number of hydrogen-bond acceptors (Lipinski definition) is 7. The number of para-hydroxylation sites is 1. The fourth-order valence-electron chi connectivity index (χ4n) is 3.74. The Labute approximate surface area is 168 Å². The lowest BCUT2D eigenvalue weighted by atomic mass is 10.2. The number of nitrogens with zero attached hydrogens (tertiary/aromatic N) is 4. The van der Waals surface area contributed by atoms with Crippen molar-refractivity contribution < 1.29 is 12.9 Å². The Morgan fingerprint density at radius 3 is 2.69 bits per heavy atom. The lowest BCUT2D eigenvalue weighted by molar-refractivity contribution is 0.272. The summed E-state index contributed by atoms with van der Waals surface area (Å²) in [7, 11) is -3.66. The number of aromatic amines is 1. The van der Waals surface area contributed by atoms with E-state index in [1.807, 2.05) is 18.2 Å². The van der Waals surface area contributed by atoms with Crippen molar-refractivity contribution in [2.45, 2.75) is 31.7 Å². The van der Waals surface area contributed by atoms with Crippen molar-refractivity contribution in [2.24, 2.45) is 0 Å². The molecular formula is C19H23N5O4S. The third kappa shape index (κ3) is 3.83. The van der Waals surface area contributed by atoms with Gasteiger partial charge in [-0.2, -0.15) is 4.31 Å². The second kappa shape index (κ2) is 7.69. The van der Waals surface area contributed by atoms with Gasteiger partial charge in [-0.1, -0.05) is 17.3 Å². The van der Waals surface area contributed by atoms with E-state index in [1.165, 1.54) is 4.31 Å². The van der Waals surface area contributed by atoms with Crippen LogP contribution >= 0.6 is 0 Å². The summed E-state index contributed by atoms with van der Waals surface area (Å²) < 4.78 is 32.6.